The number of methoxy groups -OCH3 is 1. The van der Waals surface area contributed by atoms with E-state index >= 15 is 0 Å². The smallest absolute Gasteiger partial charge is 0.261 e. The van der Waals surface area contributed by atoms with Crippen molar-refractivity contribution in [3.05, 3.63) is 40.1 Å². The molecule has 1 aromatic heterocycles. The van der Waals surface area contributed by atoms with E-state index in [1.54, 1.807) is 7.11 Å². The molecule has 0 bridgehead atoms. The van der Waals surface area contributed by atoms with Crippen LogP contribution in [0.4, 0.5) is 0 Å². The third-order valence-electron chi connectivity index (χ3n) is 2.94. The lowest BCUT2D eigenvalue weighted by Gasteiger charge is -2.02. The molecule has 4 nitrogen and oxygen atoms in total. The van der Waals surface area contributed by atoms with E-state index in [1.165, 1.54) is 11.3 Å². The zero-order valence-electron chi connectivity index (χ0n) is 11.5. The third-order valence-corrected chi connectivity index (χ3v) is 3.99. The summed E-state index contributed by atoms with van der Waals surface area (Å²) in [5.74, 6) is 0.662. The first-order chi connectivity index (χ1) is 9.65. The van der Waals surface area contributed by atoms with Crippen molar-refractivity contribution in [2.24, 2.45) is 0 Å². The van der Waals surface area contributed by atoms with Gasteiger partial charge in [-0.15, -0.1) is 11.3 Å². The van der Waals surface area contributed by atoms with Gasteiger partial charge in [0.2, 0.25) is 0 Å². The maximum atomic E-state index is 11.9. The number of benzene rings is 1. The predicted molar refractivity (Wildman–Crippen MR) is 80.5 cm³/mol. The molecule has 5 heteroatoms. The van der Waals surface area contributed by atoms with Gasteiger partial charge in [-0.3, -0.25) is 4.79 Å². The van der Waals surface area contributed by atoms with Gasteiger partial charge in [0.15, 0.2) is 0 Å². The second-order valence-electron chi connectivity index (χ2n) is 4.29. The molecule has 2 aromatic rings. The van der Waals surface area contributed by atoms with Gasteiger partial charge in [0.1, 0.15) is 5.75 Å². The van der Waals surface area contributed by atoms with Gasteiger partial charge >= 0.3 is 0 Å². The number of aliphatic hydroxyl groups excluding tert-OH is 1. The average molecular weight is 291 g/mol. The van der Waals surface area contributed by atoms with E-state index in [9.17, 15) is 4.79 Å². The van der Waals surface area contributed by atoms with E-state index in [1.807, 2.05) is 37.3 Å². The van der Waals surface area contributed by atoms with Gasteiger partial charge in [-0.1, -0.05) is 12.1 Å². The third kappa shape index (κ3) is 3.18. The van der Waals surface area contributed by atoms with Crippen molar-refractivity contribution in [1.82, 2.24) is 5.32 Å². The summed E-state index contributed by atoms with van der Waals surface area (Å²) in [6, 6.07) is 9.64. The Morgan fingerprint density at radius 2 is 2.05 bits per heavy atom. The Hall–Kier alpha value is -1.85. The lowest BCUT2D eigenvalue weighted by molar-refractivity contribution is 0.0949. The summed E-state index contributed by atoms with van der Waals surface area (Å²) in [5.41, 5.74) is 2.10. The number of aliphatic hydroxyl groups is 1. The van der Waals surface area contributed by atoms with Gasteiger partial charge < -0.3 is 15.2 Å². The van der Waals surface area contributed by atoms with Crippen molar-refractivity contribution in [3.8, 4) is 16.9 Å². The van der Waals surface area contributed by atoms with Crippen LogP contribution in [-0.4, -0.2) is 31.3 Å². The number of carbonyl (C=O) groups excluding carboxylic acids is 1. The SMILES string of the molecule is COc1ccc(-c2cc(C(=O)NCCO)sc2C)cc1. The van der Waals surface area contributed by atoms with Crippen LogP contribution >= 0.6 is 11.3 Å². The zero-order chi connectivity index (χ0) is 14.5. The van der Waals surface area contributed by atoms with Crippen LogP contribution in [0, 0.1) is 6.92 Å². The monoisotopic (exact) mass is 291 g/mol. The highest BCUT2D eigenvalue weighted by Gasteiger charge is 2.13. The van der Waals surface area contributed by atoms with E-state index in [0.717, 1.165) is 21.8 Å². The summed E-state index contributed by atoms with van der Waals surface area (Å²) in [5, 5.41) is 11.4. The van der Waals surface area contributed by atoms with E-state index < -0.39 is 0 Å². The van der Waals surface area contributed by atoms with Gasteiger partial charge in [-0.05, 0) is 36.2 Å². The molecule has 1 amide bonds. The van der Waals surface area contributed by atoms with Crippen molar-refractivity contribution in [1.29, 1.82) is 0 Å². The van der Waals surface area contributed by atoms with E-state index in [0.29, 0.717) is 4.88 Å². The summed E-state index contributed by atoms with van der Waals surface area (Å²) in [6.07, 6.45) is 0. The Bertz CT molecular complexity index is 590. The van der Waals surface area contributed by atoms with Gasteiger partial charge in [0, 0.05) is 11.4 Å². The fraction of sp³-hybridized carbons (Fsp3) is 0.267. The normalized spacial score (nSPS) is 10.3. The minimum absolute atomic E-state index is 0.0541. The van der Waals surface area contributed by atoms with Crippen LogP contribution in [0.15, 0.2) is 30.3 Å². The van der Waals surface area contributed by atoms with Crippen molar-refractivity contribution in [2.75, 3.05) is 20.3 Å². The Morgan fingerprint density at radius 1 is 1.35 bits per heavy atom. The number of carbonyl (C=O) groups is 1. The minimum atomic E-state index is -0.146. The van der Waals surface area contributed by atoms with Crippen molar-refractivity contribution < 1.29 is 14.6 Å². The molecule has 0 unspecified atom stereocenters. The zero-order valence-corrected chi connectivity index (χ0v) is 12.3. The molecule has 0 radical (unpaired) electrons. The first-order valence-electron chi connectivity index (χ1n) is 6.29. The molecular weight excluding hydrogens is 274 g/mol. The largest absolute Gasteiger partial charge is 0.497 e. The van der Waals surface area contributed by atoms with E-state index in [4.69, 9.17) is 9.84 Å². The summed E-state index contributed by atoms with van der Waals surface area (Å²) in [7, 11) is 1.63. The molecule has 0 aliphatic carbocycles. The second kappa shape index (κ2) is 6.54. The number of amides is 1. The molecule has 20 heavy (non-hydrogen) atoms. The van der Waals surface area contributed by atoms with Crippen LogP contribution in [0.5, 0.6) is 5.75 Å². The summed E-state index contributed by atoms with van der Waals surface area (Å²) in [4.78, 5) is 13.6. The van der Waals surface area contributed by atoms with Gasteiger partial charge in [-0.2, -0.15) is 0 Å². The number of thiophene rings is 1. The maximum absolute atomic E-state index is 11.9. The van der Waals surface area contributed by atoms with Crippen LogP contribution in [0.1, 0.15) is 14.5 Å². The van der Waals surface area contributed by atoms with Gasteiger partial charge in [0.25, 0.3) is 5.91 Å². The number of nitrogens with one attached hydrogen (secondary N) is 1. The van der Waals surface area contributed by atoms with Gasteiger partial charge in [-0.25, -0.2) is 0 Å². The number of rotatable bonds is 5. The first-order valence-corrected chi connectivity index (χ1v) is 7.11. The molecule has 0 fully saturated rings. The van der Waals surface area contributed by atoms with Crippen LogP contribution in [-0.2, 0) is 0 Å². The number of ether oxygens (including phenoxy) is 1. The molecule has 106 valence electrons. The highest BCUT2D eigenvalue weighted by molar-refractivity contribution is 7.14. The predicted octanol–water partition coefficient (Wildman–Crippen LogP) is 2.45. The standard InChI is InChI=1S/C15H17NO3S/c1-10-13(11-3-5-12(19-2)6-4-11)9-14(20-10)15(18)16-7-8-17/h3-6,9,17H,7-8H2,1-2H3,(H,16,18). The molecule has 1 heterocycles. The molecule has 0 saturated heterocycles. The lowest BCUT2D eigenvalue weighted by atomic mass is 10.1. The first kappa shape index (κ1) is 14.6. The number of hydrogen-bond acceptors (Lipinski definition) is 4. The Labute approximate surface area is 122 Å². The summed E-state index contributed by atoms with van der Waals surface area (Å²) < 4.78 is 5.14. The van der Waals surface area contributed by atoms with Crippen LogP contribution in [0.25, 0.3) is 11.1 Å². The topological polar surface area (TPSA) is 58.6 Å². The Kier molecular flexibility index (Phi) is 4.76. The highest BCUT2D eigenvalue weighted by Crippen LogP contribution is 2.31. The molecular formula is C15H17NO3S. The minimum Gasteiger partial charge on any atom is -0.497 e. The second-order valence-corrected chi connectivity index (χ2v) is 5.54. The van der Waals surface area contributed by atoms with Crippen LogP contribution in [0.2, 0.25) is 0 Å². The summed E-state index contributed by atoms with van der Waals surface area (Å²) >= 11 is 1.45. The average Bonchev–Trinajstić information content (AvgIpc) is 2.87. The molecule has 0 aliphatic heterocycles. The van der Waals surface area contributed by atoms with Crippen LogP contribution < -0.4 is 10.1 Å². The van der Waals surface area contributed by atoms with Gasteiger partial charge in [0.05, 0.1) is 18.6 Å². The number of aryl methyl sites for hydroxylation is 1. The molecule has 0 atom stereocenters. The fourth-order valence-corrected chi connectivity index (χ4v) is 2.87. The van der Waals surface area contributed by atoms with Crippen molar-refractivity contribution in [2.45, 2.75) is 6.92 Å². The molecule has 0 saturated carbocycles. The molecule has 1 aromatic carbocycles. The van der Waals surface area contributed by atoms with Crippen LogP contribution in [0.3, 0.4) is 0 Å². The van der Waals surface area contributed by atoms with E-state index in [2.05, 4.69) is 5.32 Å². The fourth-order valence-electron chi connectivity index (χ4n) is 1.91. The van der Waals surface area contributed by atoms with Crippen molar-refractivity contribution in [3.63, 3.8) is 0 Å². The molecule has 2 N–H and O–H groups in total. The molecule has 2 rings (SSSR count). The number of hydrogen-bond donors (Lipinski definition) is 2. The summed E-state index contributed by atoms with van der Waals surface area (Å²) in [6.45, 7) is 2.21. The highest BCUT2D eigenvalue weighted by atomic mass is 32.1. The van der Waals surface area contributed by atoms with Crippen molar-refractivity contribution >= 4 is 17.2 Å². The lowest BCUT2D eigenvalue weighted by Crippen LogP contribution is -2.25. The Balaban J connectivity index is 2.24. The quantitative estimate of drug-likeness (QED) is 0.889. The maximum Gasteiger partial charge on any atom is 0.261 e. The molecule has 0 aliphatic rings. The van der Waals surface area contributed by atoms with E-state index in [-0.39, 0.29) is 19.1 Å². The Morgan fingerprint density at radius 3 is 2.65 bits per heavy atom. The molecule has 0 spiro atoms.